The van der Waals surface area contributed by atoms with Gasteiger partial charge in [-0.1, -0.05) is 18.2 Å². The average molecular weight is 288 g/mol. The van der Waals surface area contributed by atoms with Gasteiger partial charge < -0.3 is 15.0 Å². The van der Waals surface area contributed by atoms with Crippen molar-refractivity contribution in [1.29, 1.82) is 0 Å². The van der Waals surface area contributed by atoms with Gasteiger partial charge in [-0.2, -0.15) is 0 Å². The van der Waals surface area contributed by atoms with E-state index in [1.807, 2.05) is 24.3 Å². The fourth-order valence-electron chi connectivity index (χ4n) is 3.95. The Morgan fingerprint density at radius 1 is 1.38 bits per heavy atom. The van der Waals surface area contributed by atoms with Gasteiger partial charge in [-0.25, -0.2) is 0 Å². The van der Waals surface area contributed by atoms with E-state index in [9.17, 15) is 4.79 Å². The predicted molar refractivity (Wildman–Crippen MR) is 82.3 cm³/mol. The number of para-hydroxylation sites is 1. The Labute approximate surface area is 126 Å². The smallest absolute Gasteiger partial charge is 0.227 e. The second-order valence-electron chi connectivity index (χ2n) is 6.67. The van der Waals surface area contributed by atoms with Crippen LogP contribution in [0, 0.1) is 11.8 Å². The lowest BCUT2D eigenvalue weighted by molar-refractivity contribution is -0.134. The van der Waals surface area contributed by atoms with E-state index in [1.54, 1.807) is 7.11 Å². The highest BCUT2D eigenvalue weighted by atomic mass is 16.5. The zero-order valence-corrected chi connectivity index (χ0v) is 13.1. The fourth-order valence-corrected chi connectivity index (χ4v) is 3.95. The van der Waals surface area contributed by atoms with Gasteiger partial charge in [-0.3, -0.25) is 4.79 Å². The molecule has 2 aliphatic heterocycles. The van der Waals surface area contributed by atoms with Crippen molar-refractivity contribution >= 4 is 5.91 Å². The number of hydrogen-bond acceptors (Lipinski definition) is 3. The van der Waals surface area contributed by atoms with Crippen LogP contribution in [0.3, 0.4) is 0 Å². The molecule has 0 bridgehead atoms. The molecule has 2 fully saturated rings. The maximum Gasteiger partial charge on any atom is 0.227 e. The maximum atomic E-state index is 12.8. The van der Waals surface area contributed by atoms with Crippen LogP contribution in [0.2, 0.25) is 0 Å². The van der Waals surface area contributed by atoms with Crippen molar-refractivity contribution in [3.8, 4) is 5.75 Å². The van der Waals surface area contributed by atoms with Gasteiger partial charge in [0.1, 0.15) is 5.75 Å². The van der Waals surface area contributed by atoms with E-state index in [0.29, 0.717) is 18.3 Å². The summed E-state index contributed by atoms with van der Waals surface area (Å²) in [4.78, 5) is 14.9. The number of fused-ring (bicyclic) bond motifs is 1. The van der Waals surface area contributed by atoms with Crippen LogP contribution in [0.4, 0.5) is 0 Å². The van der Waals surface area contributed by atoms with Crippen molar-refractivity contribution in [3.63, 3.8) is 0 Å². The fraction of sp³-hybridized carbons (Fsp3) is 0.588. The van der Waals surface area contributed by atoms with E-state index in [2.05, 4.69) is 24.1 Å². The second kappa shape index (κ2) is 5.34. The standard InChI is InChI=1S/C17H24N2O2/c1-17(2)14-10-18-9-13(14)11-19(17)16(20)8-12-6-4-5-7-15(12)21-3/h4-7,13-14,18H,8-11H2,1-3H3. The lowest BCUT2D eigenvalue weighted by Crippen LogP contribution is -2.48. The number of nitrogens with zero attached hydrogens (tertiary/aromatic N) is 1. The highest BCUT2D eigenvalue weighted by Gasteiger charge is 2.51. The molecule has 0 aliphatic carbocycles. The normalized spacial score (nSPS) is 26.7. The van der Waals surface area contributed by atoms with Gasteiger partial charge in [-0.05, 0) is 31.7 Å². The molecule has 2 aliphatic rings. The third-order valence-electron chi connectivity index (χ3n) is 5.20. The molecular weight excluding hydrogens is 264 g/mol. The van der Waals surface area contributed by atoms with Crippen LogP contribution in [0.15, 0.2) is 24.3 Å². The average Bonchev–Trinajstić information content (AvgIpc) is 3.02. The van der Waals surface area contributed by atoms with Crippen LogP contribution in [-0.4, -0.2) is 43.1 Å². The van der Waals surface area contributed by atoms with Crippen LogP contribution >= 0.6 is 0 Å². The Kier molecular flexibility index (Phi) is 3.66. The first-order chi connectivity index (χ1) is 10.0. The second-order valence-corrected chi connectivity index (χ2v) is 6.67. The highest BCUT2D eigenvalue weighted by molar-refractivity contribution is 5.80. The van der Waals surface area contributed by atoms with Gasteiger partial charge in [0, 0.05) is 30.7 Å². The van der Waals surface area contributed by atoms with Gasteiger partial charge in [-0.15, -0.1) is 0 Å². The molecule has 2 unspecified atom stereocenters. The molecule has 0 aromatic heterocycles. The molecule has 1 amide bonds. The molecule has 2 saturated heterocycles. The van der Waals surface area contributed by atoms with Gasteiger partial charge in [0.15, 0.2) is 0 Å². The summed E-state index contributed by atoms with van der Waals surface area (Å²) in [5, 5.41) is 3.45. The first-order valence-electron chi connectivity index (χ1n) is 7.67. The van der Waals surface area contributed by atoms with Crippen molar-refractivity contribution < 1.29 is 9.53 Å². The minimum atomic E-state index is -0.0622. The zero-order chi connectivity index (χ0) is 15.0. The number of carbonyl (C=O) groups is 1. The van der Waals surface area contributed by atoms with Crippen LogP contribution in [-0.2, 0) is 11.2 Å². The van der Waals surface area contributed by atoms with Gasteiger partial charge in [0.2, 0.25) is 5.91 Å². The number of hydrogen-bond donors (Lipinski definition) is 1. The Bertz CT molecular complexity index is 541. The van der Waals surface area contributed by atoms with E-state index in [0.717, 1.165) is 30.9 Å². The number of rotatable bonds is 3. The van der Waals surface area contributed by atoms with Crippen molar-refractivity contribution in [2.24, 2.45) is 11.8 Å². The third kappa shape index (κ3) is 2.42. The predicted octanol–water partition coefficient (Wildman–Crippen LogP) is 1.69. The molecule has 1 aromatic rings. The molecule has 1 N–H and O–H groups in total. The quantitative estimate of drug-likeness (QED) is 0.920. The van der Waals surface area contributed by atoms with E-state index in [4.69, 9.17) is 4.74 Å². The third-order valence-corrected chi connectivity index (χ3v) is 5.20. The van der Waals surface area contributed by atoms with Crippen LogP contribution < -0.4 is 10.1 Å². The number of benzene rings is 1. The Morgan fingerprint density at radius 2 is 2.14 bits per heavy atom. The molecule has 0 radical (unpaired) electrons. The first-order valence-corrected chi connectivity index (χ1v) is 7.67. The summed E-state index contributed by atoms with van der Waals surface area (Å²) in [5.74, 6) is 2.17. The Balaban J connectivity index is 1.77. The minimum Gasteiger partial charge on any atom is -0.496 e. The monoisotopic (exact) mass is 288 g/mol. The van der Waals surface area contributed by atoms with Crippen LogP contribution in [0.25, 0.3) is 0 Å². The molecule has 4 nitrogen and oxygen atoms in total. The van der Waals surface area contributed by atoms with E-state index in [1.165, 1.54) is 0 Å². The van der Waals surface area contributed by atoms with Crippen molar-refractivity contribution in [2.45, 2.75) is 25.8 Å². The summed E-state index contributed by atoms with van der Waals surface area (Å²) in [6.07, 6.45) is 0.417. The maximum absolute atomic E-state index is 12.8. The van der Waals surface area contributed by atoms with E-state index < -0.39 is 0 Å². The number of carbonyl (C=O) groups excluding carboxylic acids is 1. The summed E-state index contributed by atoms with van der Waals surface area (Å²) >= 11 is 0. The molecule has 3 rings (SSSR count). The summed E-state index contributed by atoms with van der Waals surface area (Å²) in [6.45, 7) is 7.33. The molecule has 4 heteroatoms. The van der Waals surface area contributed by atoms with Crippen molar-refractivity contribution in [2.75, 3.05) is 26.7 Å². The number of methoxy groups -OCH3 is 1. The largest absolute Gasteiger partial charge is 0.496 e. The Morgan fingerprint density at radius 3 is 2.86 bits per heavy atom. The molecule has 2 atom stereocenters. The first kappa shape index (κ1) is 14.4. The molecule has 2 heterocycles. The SMILES string of the molecule is COc1ccccc1CC(=O)N1CC2CNCC2C1(C)C. The minimum absolute atomic E-state index is 0.0622. The van der Waals surface area contributed by atoms with Crippen molar-refractivity contribution in [1.82, 2.24) is 10.2 Å². The summed E-state index contributed by atoms with van der Waals surface area (Å²) in [6, 6.07) is 7.78. The number of likely N-dealkylation sites (tertiary alicyclic amines) is 1. The van der Waals surface area contributed by atoms with Gasteiger partial charge >= 0.3 is 0 Å². The summed E-state index contributed by atoms with van der Waals surface area (Å²) in [5.41, 5.74) is 0.906. The molecular formula is C17H24N2O2. The summed E-state index contributed by atoms with van der Waals surface area (Å²) < 4.78 is 5.35. The molecule has 1 aromatic carbocycles. The number of nitrogens with one attached hydrogen (secondary N) is 1. The zero-order valence-electron chi connectivity index (χ0n) is 13.1. The molecule has 0 spiro atoms. The topological polar surface area (TPSA) is 41.6 Å². The number of ether oxygens (including phenoxy) is 1. The van der Waals surface area contributed by atoms with Gasteiger partial charge in [0.25, 0.3) is 0 Å². The van der Waals surface area contributed by atoms with E-state index in [-0.39, 0.29) is 11.4 Å². The van der Waals surface area contributed by atoms with Crippen LogP contribution in [0.5, 0.6) is 5.75 Å². The Hall–Kier alpha value is -1.55. The molecule has 0 saturated carbocycles. The molecule has 21 heavy (non-hydrogen) atoms. The van der Waals surface area contributed by atoms with Gasteiger partial charge in [0.05, 0.1) is 13.5 Å². The lowest BCUT2D eigenvalue weighted by atomic mass is 9.85. The highest BCUT2D eigenvalue weighted by Crippen LogP contribution is 2.40. The lowest BCUT2D eigenvalue weighted by Gasteiger charge is -2.35. The molecule has 114 valence electrons. The van der Waals surface area contributed by atoms with Crippen molar-refractivity contribution in [3.05, 3.63) is 29.8 Å². The van der Waals surface area contributed by atoms with E-state index >= 15 is 0 Å². The number of amides is 1. The van der Waals surface area contributed by atoms with Crippen LogP contribution in [0.1, 0.15) is 19.4 Å². The summed E-state index contributed by atoms with van der Waals surface area (Å²) in [7, 11) is 1.65.